The Kier molecular flexibility index (Phi) is 5.23. The molecule has 11 heteroatoms. The molecule has 3 atom stereocenters. The summed E-state index contributed by atoms with van der Waals surface area (Å²) in [5.74, 6) is 0.186. The number of halogens is 3. The van der Waals surface area contributed by atoms with E-state index >= 15 is 0 Å². The number of hydrogen-bond acceptors (Lipinski definition) is 4. The monoisotopic (exact) mass is 409 g/mol. The zero-order chi connectivity index (χ0) is 20.1. The number of fused-ring (bicyclic) bond motifs is 1. The molecular weight excluding hydrogens is 383 g/mol. The summed E-state index contributed by atoms with van der Waals surface area (Å²) >= 11 is 0. The third-order valence-corrected chi connectivity index (χ3v) is 7.31. The number of anilines is 1. The van der Waals surface area contributed by atoms with Gasteiger partial charge in [0, 0.05) is 45.2 Å². The molecular formula is C16H26F3N5O2S. The van der Waals surface area contributed by atoms with Crippen LogP contribution in [0.2, 0.25) is 0 Å². The maximum absolute atomic E-state index is 13.6. The third-order valence-electron chi connectivity index (χ3n) is 5.40. The van der Waals surface area contributed by atoms with Gasteiger partial charge >= 0.3 is 6.18 Å². The molecule has 0 saturated carbocycles. The van der Waals surface area contributed by atoms with Crippen LogP contribution in [0, 0.1) is 5.92 Å². The Bertz CT molecular complexity index is 790. The highest BCUT2D eigenvalue weighted by Crippen LogP contribution is 2.42. The first-order valence-electron chi connectivity index (χ1n) is 9.01. The van der Waals surface area contributed by atoms with Gasteiger partial charge in [0.25, 0.3) is 10.2 Å². The molecule has 0 amide bonds. The van der Waals surface area contributed by atoms with Crippen LogP contribution >= 0.6 is 0 Å². The Hall–Kier alpha value is -1.33. The largest absolute Gasteiger partial charge is 0.410 e. The second kappa shape index (κ2) is 6.93. The van der Waals surface area contributed by atoms with Gasteiger partial charge in [0.05, 0.1) is 5.69 Å². The van der Waals surface area contributed by atoms with E-state index in [1.807, 2.05) is 13.8 Å². The zero-order valence-electron chi connectivity index (χ0n) is 15.9. The summed E-state index contributed by atoms with van der Waals surface area (Å²) in [6.07, 6.45) is -3.92. The van der Waals surface area contributed by atoms with Crippen LogP contribution in [0.5, 0.6) is 0 Å². The highest BCUT2D eigenvalue weighted by Gasteiger charge is 2.47. The van der Waals surface area contributed by atoms with Crippen LogP contribution in [0.4, 0.5) is 19.0 Å². The normalized spacial score (nSPS) is 27.2. The summed E-state index contributed by atoms with van der Waals surface area (Å²) in [5.41, 5.74) is 0.507. The summed E-state index contributed by atoms with van der Waals surface area (Å²) in [6.45, 7) is 4.33. The van der Waals surface area contributed by atoms with E-state index in [0.29, 0.717) is 24.5 Å². The fourth-order valence-electron chi connectivity index (χ4n) is 3.67. The van der Waals surface area contributed by atoms with Crippen molar-refractivity contribution in [2.75, 3.05) is 32.5 Å². The predicted octanol–water partition coefficient (Wildman–Crippen LogP) is 2.42. The molecule has 0 unspecified atom stereocenters. The van der Waals surface area contributed by atoms with Crippen LogP contribution in [0.15, 0.2) is 6.07 Å². The lowest BCUT2D eigenvalue weighted by Gasteiger charge is -2.35. The van der Waals surface area contributed by atoms with Crippen LogP contribution < -0.4 is 5.32 Å². The first-order valence-corrected chi connectivity index (χ1v) is 10.4. The molecule has 3 heterocycles. The van der Waals surface area contributed by atoms with Crippen LogP contribution in [-0.4, -0.2) is 66.2 Å². The van der Waals surface area contributed by atoms with E-state index in [1.54, 1.807) is 6.07 Å². The van der Waals surface area contributed by atoms with Crippen molar-refractivity contribution in [3.8, 4) is 0 Å². The van der Waals surface area contributed by atoms with Gasteiger partial charge in [-0.1, -0.05) is 13.8 Å². The highest BCUT2D eigenvalue weighted by molar-refractivity contribution is 7.86. The molecule has 3 rings (SSSR count). The number of aromatic nitrogens is 2. The summed E-state index contributed by atoms with van der Waals surface area (Å²) in [7, 11) is -0.617. The molecule has 2 aliphatic heterocycles. The fourth-order valence-corrected chi connectivity index (χ4v) is 4.84. The van der Waals surface area contributed by atoms with Gasteiger partial charge in [0.2, 0.25) is 0 Å². The van der Waals surface area contributed by atoms with E-state index in [4.69, 9.17) is 0 Å². The van der Waals surface area contributed by atoms with E-state index in [1.165, 1.54) is 18.4 Å². The molecule has 1 aromatic rings. The van der Waals surface area contributed by atoms with Gasteiger partial charge in [0.1, 0.15) is 5.82 Å². The van der Waals surface area contributed by atoms with Crippen molar-refractivity contribution in [2.24, 2.45) is 5.92 Å². The van der Waals surface area contributed by atoms with Crippen molar-refractivity contribution in [2.45, 2.75) is 50.9 Å². The Morgan fingerprint density at radius 3 is 2.56 bits per heavy atom. The summed E-state index contributed by atoms with van der Waals surface area (Å²) < 4.78 is 68.8. The molecule has 1 saturated heterocycles. The molecule has 1 fully saturated rings. The molecule has 0 bridgehead atoms. The minimum absolute atomic E-state index is 0.0501. The van der Waals surface area contributed by atoms with Gasteiger partial charge in [-0.15, -0.1) is 0 Å². The maximum Gasteiger partial charge on any atom is 0.410 e. The van der Waals surface area contributed by atoms with Gasteiger partial charge in [-0.25, -0.2) is 4.68 Å². The summed E-state index contributed by atoms with van der Waals surface area (Å²) in [6, 6.07) is -0.315. The molecule has 2 aliphatic rings. The minimum atomic E-state index is -4.39. The topological polar surface area (TPSA) is 70.5 Å². The predicted molar refractivity (Wildman–Crippen MR) is 95.7 cm³/mol. The molecule has 1 N–H and O–H groups in total. The lowest BCUT2D eigenvalue weighted by molar-refractivity contribution is -0.174. The van der Waals surface area contributed by atoms with E-state index in [0.717, 1.165) is 8.99 Å². The van der Waals surface area contributed by atoms with Crippen LogP contribution in [0.25, 0.3) is 0 Å². The van der Waals surface area contributed by atoms with Gasteiger partial charge < -0.3 is 5.32 Å². The second-order valence-corrected chi connectivity index (χ2v) is 9.96. The lowest BCUT2D eigenvalue weighted by atomic mass is 9.94. The molecule has 7 nitrogen and oxygen atoms in total. The van der Waals surface area contributed by atoms with Crippen molar-refractivity contribution in [3.63, 3.8) is 0 Å². The molecule has 1 aromatic heterocycles. The molecule has 0 aliphatic carbocycles. The number of rotatable bonds is 4. The third kappa shape index (κ3) is 3.81. The Morgan fingerprint density at radius 2 is 2.00 bits per heavy atom. The Balaban J connectivity index is 1.87. The van der Waals surface area contributed by atoms with Crippen LogP contribution in [0.3, 0.4) is 0 Å². The Morgan fingerprint density at radius 1 is 1.33 bits per heavy atom. The number of hydrogen-bond donors (Lipinski definition) is 1. The molecule has 27 heavy (non-hydrogen) atoms. The average molecular weight is 409 g/mol. The van der Waals surface area contributed by atoms with Crippen molar-refractivity contribution in [3.05, 3.63) is 11.8 Å². The first-order chi connectivity index (χ1) is 12.4. The number of nitrogens with zero attached hydrogens (tertiary/aromatic N) is 4. The van der Waals surface area contributed by atoms with Crippen molar-refractivity contribution in [1.29, 1.82) is 0 Å². The SMILES string of the molecule is CC(C)[C@@H]1C[C@H](C(F)(F)F)n2nc([C@@H]3CCN(S(=O)(=O)N(C)C)C3)cc2N1. The van der Waals surface area contributed by atoms with Gasteiger partial charge in [0.15, 0.2) is 6.04 Å². The summed E-state index contributed by atoms with van der Waals surface area (Å²) in [4.78, 5) is 0. The molecule has 154 valence electrons. The molecule has 0 radical (unpaired) electrons. The highest BCUT2D eigenvalue weighted by atomic mass is 32.2. The quantitative estimate of drug-likeness (QED) is 0.829. The van der Waals surface area contributed by atoms with E-state index in [2.05, 4.69) is 10.4 Å². The number of nitrogens with one attached hydrogen (secondary N) is 1. The fraction of sp³-hybridized carbons (Fsp3) is 0.812. The van der Waals surface area contributed by atoms with Crippen molar-refractivity contribution in [1.82, 2.24) is 18.4 Å². The molecule has 0 aromatic carbocycles. The van der Waals surface area contributed by atoms with E-state index in [9.17, 15) is 21.6 Å². The van der Waals surface area contributed by atoms with Gasteiger partial charge in [-0.2, -0.15) is 35.3 Å². The van der Waals surface area contributed by atoms with Crippen LogP contribution in [-0.2, 0) is 10.2 Å². The second-order valence-electron chi connectivity index (χ2n) is 7.82. The number of alkyl halides is 3. The smallest absolute Gasteiger partial charge is 0.367 e. The Labute approximate surface area is 157 Å². The zero-order valence-corrected chi connectivity index (χ0v) is 16.7. The van der Waals surface area contributed by atoms with Crippen molar-refractivity contribution < 1.29 is 21.6 Å². The standard InChI is InChI=1S/C16H26F3N5O2S/c1-10(2)12-7-14(16(17,18)19)24-15(20-12)8-13(21-24)11-5-6-23(9-11)27(25,26)22(3)4/h8,10-12,14,20H,5-7,9H2,1-4H3/t11-,12+,14-/m1/s1. The molecule has 0 spiro atoms. The summed E-state index contributed by atoms with van der Waals surface area (Å²) in [5, 5.41) is 7.40. The lowest BCUT2D eigenvalue weighted by Crippen LogP contribution is -2.41. The maximum atomic E-state index is 13.6. The first kappa shape index (κ1) is 20.4. The van der Waals surface area contributed by atoms with Crippen LogP contribution in [0.1, 0.15) is 44.3 Å². The van der Waals surface area contributed by atoms with Crippen molar-refractivity contribution >= 4 is 16.0 Å². The van der Waals surface area contributed by atoms with Gasteiger partial charge in [-0.3, -0.25) is 0 Å². The average Bonchev–Trinajstić information content (AvgIpc) is 3.19. The van der Waals surface area contributed by atoms with E-state index < -0.39 is 22.4 Å². The minimum Gasteiger partial charge on any atom is -0.367 e. The van der Waals surface area contributed by atoms with Gasteiger partial charge in [-0.05, 0) is 18.8 Å². The van der Waals surface area contributed by atoms with E-state index in [-0.39, 0.29) is 30.8 Å².